The third kappa shape index (κ3) is 3.73. The molecule has 3 aliphatic rings. The Labute approximate surface area is 174 Å². The van der Waals surface area contributed by atoms with Gasteiger partial charge in [0.05, 0.1) is 18.4 Å². The van der Waals surface area contributed by atoms with Crippen LogP contribution in [0.1, 0.15) is 42.1 Å². The van der Waals surface area contributed by atoms with E-state index in [9.17, 15) is 13.6 Å². The summed E-state index contributed by atoms with van der Waals surface area (Å²) >= 11 is 0. The minimum Gasteiger partial charge on any atom is -0.354 e. The van der Waals surface area contributed by atoms with Crippen molar-refractivity contribution in [1.29, 1.82) is 0 Å². The maximum absolute atomic E-state index is 13.7. The molecule has 0 amide bonds. The monoisotopic (exact) mass is 415 g/mol. The third-order valence-corrected chi connectivity index (χ3v) is 6.62. The zero-order valence-electron chi connectivity index (χ0n) is 17.2. The van der Waals surface area contributed by atoms with Crippen molar-refractivity contribution in [1.82, 2.24) is 19.4 Å². The molecule has 0 N–H and O–H groups in total. The zero-order chi connectivity index (χ0) is 20.9. The van der Waals surface area contributed by atoms with Gasteiger partial charge in [-0.3, -0.25) is 14.7 Å². The van der Waals surface area contributed by atoms with Gasteiger partial charge in [-0.25, -0.2) is 13.8 Å². The average Bonchev–Trinajstić information content (AvgIpc) is 2.70. The largest absolute Gasteiger partial charge is 0.354 e. The van der Waals surface area contributed by atoms with Gasteiger partial charge >= 0.3 is 0 Å². The van der Waals surface area contributed by atoms with Gasteiger partial charge in [0.2, 0.25) is 0 Å². The lowest BCUT2D eigenvalue weighted by atomic mass is 9.83. The van der Waals surface area contributed by atoms with Crippen molar-refractivity contribution in [3.8, 4) is 0 Å². The zero-order valence-corrected chi connectivity index (χ0v) is 17.2. The van der Waals surface area contributed by atoms with E-state index in [2.05, 4.69) is 14.9 Å². The Morgan fingerprint density at radius 2 is 2.07 bits per heavy atom. The van der Waals surface area contributed by atoms with Gasteiger partial charge in [0.25, 0.3) is 11.5 Å². The van der Waals surface area contributed by atoms with E-state index in [-0.39, 0.29) is 24.4 Å². The summed E-state index contributed by atoms with van der Waals surface area (Å²) in [5, 5.41) is 0. The molecule has 6 nitrogen and oxygen atoms in total. The molecule has 2 bridgehead atoms. The number of alkyl halides is 2. The lowest BCUT2D eigenvalue weighted by Gasteiger charge is -2.43. The highest BCUT2D eigenvalue weighted by Gasteiger charge is 2.37. The minimum atomic E-state index is -2.65. The van der Waals surface area contributed by atoms with Crippen molar-refractivity contribution in [2.75, 3.05) is 31.1 Å². The average molecular weight is 415 g/mol. The summed E-state index contributed by atoms with van der Waals surface area (Å²) in [7, 11) is 0. The predicted molar refractivity (Wildman–Crippen MR) is 110 cm³/mol. The van der Waals surface area contributed by atoms with E-state index < -0.39 is 5.92 Å². The summed E-state index contributed by atoms with van der Waals surface area (Å²) in [5.74, 6) is -1.13. The van der Waals surface area contributed by atoms with Crippen molar-refractivity contribution in [3.05, 3.63) is 51.8 Å². The number of hydrogen-bond donors (Lipinski definition) is 0. The molecule has 8 heteroatoms. The van der Waals surface area contributed by atoms with E-state index in [4.69, 9.17) is 0 Å². The Morgan fingerprint density at radius 3 is 2.87 bits per heavy atom. The Kier molecular flexibility index (Phi) is 4.84. The summed E-state index contributed by atoms with van der Waals surface area (Å²) in [6, 6.07) is 3.89. The molecular weight excluding hydrogens is 388 g/mol. The van der Waals surface area contributed by atoms with Crippen LogP contribution in [0.2, 0.25) is 0 Å². The number of aryl methyl sites for hydroxylation is 1. The van der Waals surface area contributed by atoms with Crippen molar-refractivity contribution in [2.24, 2.45) is 5.92 Å². The molecule has 0 saturated carbocycles. The van der Waals surface area contributed by atoms with E-state index in [1.807, 2.05) is 23.6 Å². The van der Waals surface area contributed by atoms with Crippen LogP contribution in [0.4, 0.5) is 14.6 Å². The molecule has 2 atom stereocenters. The molecule has 160 valence electrons. The van der Waals surface area contributed by atoms with Crippen LogP contribution in [0.5, 0.6) is 0 Å². The van der Waals surface area contributed by atoms with Crippen LogP contribution >= 0.6 is 0 Å². The topological polar surface area (TPSA) is 54.3 Å². The fourth-order valence-electron chi connectivity index (χ4n) is 5.32. The Balaban J connectivity index is 1.38. The van der Waals surface area contributed by atoms with E-state index in [1.165, 1.54) is 0 Å². The van der Waals surface area contributed by atoms with Crippen LogP contribution < -0.4 is 10.5 Å². The third-order valence-electron chi connectivity index (χ3n) is 6.62. The molecule has 2 aromatic heterocycles. The van der Waals surface area contributed by atoms with Crippen molar-refractivity contribution in [3.63, 3.8) is 0 Å². The number of fused-ring (bicyclic) bond motifs is 4. The molecule has 30 heavy (non-hydrogen) atoms. The highest BCUT2D eigenvalue weighted by molar-refractivity contribution is 5.39. The quantitative estimate of drug-likeness (QED) is 0.772. The number of pyridine rings is 1. The molecule has 5 heterocycles. The lowest BCUT2D eigenvalue weighted by molar-refractivity contribution is -0.0662. The fraction of sp³-hybridized carbons (Fsp3) is 0.591. The number of piperidine rings is 2. The molecule has 0 unspecified atom stereocenters. The first-order valence-electron chi connectivity index (χ1n) is 10.7. The second-order valence-corrected chi connectivity index (χ2v) is 9.09. The minimum absolute atomic E-state index is 0.0140. The number of hydrogen-bond acceptors (Lipinski definition) is 5. The summed E-state index contributed by atoms with van der Waals surface area (Å²) in [4.78, 5) is 26.1. The van der Waals surface area contributed by atoms with Gasteiger partial charge in [-0.05, 0) is 38.3 Å². The van der Waals surface area contributed by atoms with Crippen LogP contribution in [0.15, 0.2) is 29.3 Å². The van der Waals surface area contributed by atoms with Crippen LogP contribution in [-0.2, 0) is 13.1 Å². The van der Waals surface area contributed by atoms with Gasteiger partial charge < -0.3 is 9.47 Å². The molecule has 0 aromatic carbocycles. The van der Waals surface area contributed by atoms with Crippen LogP contribution in [-0.4, -0.2) is 51.5 Å². The maximum atomic E-state index is 13.7. The van der Waals surface area contributed by atoms with E-state index >= 15 is 0 Å². The van der Waals surface area contributed by atoms with Gasteiger partial charge in [0.1, 0.15) is 5.82 Å². The maximum Gasteiger partial charge on any atom is 0.260 e. The van der Waals surface area contributed by atoms with Crippen LogP contribution in [0.3, 0.4) is 0 Å². The fourth-order valence-corrected chi connectivity index (χ4v) is 5.32. The number of likely N-dealkylation sites (tertiary alicyclic amines) is 1. The Bertz CT molecular complexity index is 1010. The molecular formula is C22H27F2N5O. The highest BCUT2D eigenvalue weighted by Crippen LogP contribution is 2.36. The van der Waals surface area contributed by atoms with Gasteiger partial charge in [0, 0.05) is 56.0 Å². The summed E-state index contributed by atoms with van der Waals surface area (Å²) in [5.41, 5.74) is 2.56. The normalized spacial score (nSPS) is 25.8. The second kappa shape index (κ2) is 7.41. The lowest BCUT2D eigenvalue weighted by Crippen LogP contribution is -2.48. The van der Waals surface area contributed by atoms with Gasteiger partial charge in [0.15, 0.2) is 0 Å². The van der Waals surface area contributed by atoms with Gasteiger partial charge in [-0.2, -0.15) is 0 Å². The number of rotatable bonds is 3. The van der Waals surface area contributed by atoms with Crippen molar-refractivity contribution in [2.45, 2.75) is 51.1 Å². The summed E-state index contributed by atoms with van der Waals surface area (Å²) in [6.07, 6.45) is 5.04. The first kappa shape index (κ1) is 19.6. The van der Waals surface area contributed by atoms with Gasteiger partial charge in [-0.1, -0.05) is 6.07 Å². The number of aromatic nitrogens is 3. The molecule has 2 aromatic rings. The molecule has 0 aliphatic carbocycles. The molecule has 2 saturated heterocycles. The predicted octanol–water partition coefficient (Wildman–Crippen LogP) is 2.80. The first-order chi connectivity index (χ1) is 14.4. The molecule has 3 aliphatic heterocycles. The van der Waals surface area contributed by atoms with E-state index in [0.29, 0.717) is 37.5 Å². The Morgan fingerprint density at radius 1 is 1.20 bits per heavy atom. The number of halogens is 2. The summed E-state index contributed by atoms with van der Waals surface area (Å²) < 4.78 is 29.4. The SMILES string of the molecule is Cc1cncc(N2C[C@@H]3C[C@H](C2)c2ccc(CN4CCCC(F)(F)C4)c(=O)n2C3)n1. The second-order valence-electron chi connectivity index (χ2n) is 9.09. The van der Waals surface area contributed by atoms with Crippen molar-refractivity contribution < 1.29 is 8.78 Å². The standard InChI is InChI=1S/C22H27F2N5O/c1-15-8-25-9-20(26-15)28-10-16-7-18(13-28)19-4-3-17(21(30)29(19)11-16)12-27-6-2-5-22(23,24)14-27/h3-4,8-9,16,18H,2,5-7,10-14H2,1H3/t16-,18+/m0/s1. The number of anilines is 1. The smallest absolute Gasteiger partial charge is 0.260 e. The van der Waals surface area contributed by atoms with E-state index in [0.717, 1.165) is 36.7 Å². The van der Waals surface area contributed by atoms with Crippen LogP contribution in [0.25, 0.3) is 0 Å². The summed E-state index contributed by atoms with van der Waals surface area (Å²) in [6.45, 7) is 4.94. The molecule has 5 rings (SSSR count). The molecule has 0 spiro atoms. The molecule has 2 fully saturated rings. The van der Waals surface area contributed by atoms with E-state index in [1.54, 1.807) is 17.3 Å². The highest BCUT2D eigenvalue weighted by atomic mass is 19.3. The molecule has 0 radical (unpaired) electrons. The Hall–Kier alpha value is -2.35. The number of nitrogens with zero attached hydrogens (tertiary/aromatic N) is 5. The first-order valence-corrected chi connectivity index (χ1v) is 10.7. The van der Waals surface area contributed by atoms with Crippen molar-refractivity contribution >= 4 is 5.82 Å². The van der Waals surface area contributed by atoms with Crippen LogP contribution in [0, 0.1) is 12.8 Å². The van der Waals surface area contributed by atoms with Gasteiger partial charge in [-0.15, -0.1) is 0 Å².